The molecule has 4 nitrogen and oxygen atoms in total. The zero-order chi connectivity index (χ0) is 23.2. The Labute approximate surface area is 201 Å². The van der Waals surface area contributed by atoms with Gasteiger partial charge in [-0.15, -0.1) is 0 Å². The highest BCUT2D eigenvalue weighted by atomic mass is 35.5. The molecule has 2 aliphatic rings. The number of hydrogen-bond acceptors (Lipinski definition) is 4. The molecule has 0 aliphatic carbocycles. The molecule has 5 rings (SSSR count). The second kappa shape index (κ2) is 8.09. The van der Waals surface area contributed by atoms with Crippen molar-refractivity contribution in [2.75, 3.05) is 4.90 Å². The minimum atomic E-state index is -1.47. The van der Waals surface area contributed by atoms with Gasteiger partial charge in [0.05, 0.1) is 18.2 Å². The monoisotopic (exact) mass is 469 g/mol. The normalized spacial score (nSPS) is 22.1. The number of Topliss-reactive ketones (excluding diaryl/α,β-unsaturated/α-hetero) is 1. The highest BCUT2D eigenvalue weighted by Gasteiger charge is 2.63. The molecule has 0 spiro atoms. The van der Waals surface area contributed by atoms with E-state index in [4.69, 9.17) is 23.2 Å². The van der Waals surface area contributed by atoms with E-state index in [9.17, 15) is 15.3 Å². The molecule has 1 saturated heterocycles. The third-order valence-electron chi connectivity index (χ3n) is 6.52. The highest BCUT2D eigenvalue weighted by molar-refractivity contribution is 6.31. The standard InChI is InChI=1S/C27H17Cl2N3O/c28-20-9-6-18(7-10-20)26(33)25-24(17-4-2-1-3-5-17)27(15-30,16-31)23-13-8-19-14-21(29)11-12-22(19)32(23)25/h1-14,23-25H. The van der Waals surface area contributed by atoms with Crippen LogP contribution in [0.2, 0.25) is 10.0 Å². The SMILES string of the molecule is N#CC1(C#N)C(c2ccccc2)C(C(=O)c2ccc(Cl)cc2)N2c3ccc(Cl)cc3C=CC21. The third-order valence-corrected chi connectivity index (χ3v) is 7.01. The van der Waals surface area contributed by atoms with E-state index in [1.165, 1.54) is 0 Å². The lowest BCUT2D eigenvalue weighted by Crippen LogP contribution is -2.44. The molecule has 3 unspecified atom stereocenters. The first kappa shape index (κ1) is 21.3. The van der Waals surface area contributed by atoms with Gasteiger partial charge in [-0.1, -0.05) is 65.7 Å². The molecule has 0 bridgehead atoms. The van der Waals surface area contributed by atoms with Crippen LogP contribution in [0.15, 0.2) is 78.9 Å². The van der Waals surface area contributed by atoms with Gasteiger partial charge in [0, 0.05) is 27.2 Å². The summed E-state index contributed by atoms with van der Waals surface area (Å²) in [5, 5.41) is 21.9. The smallest absolute Gasteiger partial charge is 0.185 e. The zero-order valence-corrected chi connectivity index (χ0v) is 18.8. The fraction of sp³-hybridized carbons (Fsp3) is 0.148. The predicted octanol–water partition coefficient (Wildman–Crippen LogP) is 6.28. The molecule has 3 aromatic carbocycles. The van der Waals surface area contributed by atoms with Gasteiger partial charge < -0.3 is 4.90 Å². The van der Waals surface area contributed by atoms with E-state index in [1.807, 2.05) is 59.5 Å². The lowest BCUT2D eigenvalue weighted by molar-refractivity contribution is 0.0951. The first-order chi connectivity index (χ1) is 16.0. The average molecular weight is 470 g/mol. The van der Waals surface area contributed by atoms with Gasteiger partial charge >= 0.3 is 0 Å². The van der Waals surface area contributed by atoms with E-state index in [1.54, 1.807) is 30.3 Å². The van der Waals surface area contributed by atoms with Crippen molar-refractivity contribution in [1.29, 1.82) is 10.5 Å². The van der Waals surface area contributed by atoms with Gasteiger partial charge in [0.15, 0.2) is 11.2 Å². The van der Waals surface area contributed by atoms with Gasteiger partial charge in [-0.25, -0.2) is 0 Å². The summed E-state index contributed by atoms with van der Waals surface area (Å²) >= 11 is 12.3. The van der Waals surface area contributed by atoms with Crippen molar-refractivity contribution in [1.82, 2.24) is 0 Å². The lowest BCUT2D eigenvalue weighted by Gasteiger charge is -2.35. The number of carbonyl (C=O) groups excluding carboxylic acids is 1. The van der Waals surface area contributed by atoms with Gasteiger partial charge in [-0.05, 0) is 53.6 Å². The van der Waals surface area contributed by atoms with Gasteiger partial charge in [0.25, 0.3) is 0 Å². The van der Waals surface area contributed by atoms with Crippen LogP contribution < -0.4 is 4.90 Å². The molecule has 0 N–H and O–H groups in total. The minimum absolute atomic E-state index is 0.172. The van der Waals surface area contributed by atoms with Crippen LogP contribution in [0.4, 0.5) is 5.69 Å². The van der Waals surface area contributed by atoms with Gasteiger partial charge in [-0.3, -0.25) is 4.79 Å². The van der Waals surface area contributed by atoms with Crippen LogP contribution in [0, 0.1) is 28.1 Å². The number of nitriles is 2. The highest BCUT2D eigenvalue weighted by Crippen LogP contribution is 2.55. The summed E-state index contributed by atoms with van der Waals surface area (Å²) in [6, 6.07) is 24.7. The van der Waals surface area contributed by atoms with Crippen LogP contribution >= 0.6 is 23.2 Å². The number of halogens is 2. The van der Waals surface area contributed by atoms with Crippen LogP contribution in [0.25, 0.3) is 6.08 Å². The van der Waals surface area contributed by atoms with Gasteiger partial charge in [-0.2, -0.15) is 10.5 Å². The maximum atomic E-state index is 14.0. The largest absolute Gasteiger partial charge is 0.351 e. The Bertz CT molecular complexity index is 1340. The Balaban J connectivity index is 1.78. The molecule has 0 aromatic heterocycles. The summed E-state index contributed by atoms with van der Waals surface area (Å²) in [6.07, 6.45) is 3.72. The number of anilines is 1. The lowest BCUT2D eigenvalue weighted by atomic mass is 9.69. The molecular formula is C27H17Cl2N3O. The topological polar surface area (TPSA) is 67.9 Å². The molecule has 2 aliphatic heterocycles. The van der Waals surface area contributed by atoms with E-state index in [0.29, 0.717) is 15.6 Å². The number of carbonyl (C=O) groups is 1. The first-order valence-corrected chi connectivity index (χ1v) is 11.2. The van der Waals surface area contributed by atoms with E-state index < -0.39 is 23.4 Å². The molecule has 6 heteroatoms. The van der Waals surface area contributed by atoms with E-state index in [-0.39, 0.29) is 5.78 Å². The van der Waals surface area contributed by atoms with Crippen molar-refractivity contribution in [3.05, 3.63) is 106 Å². The van der Waals surface area contributed by atoms with E-state index >= 15 is 0 Å². The number of fused-ring (bicyclic) bond motifs is 3. The van der Waals surface area contributed by atoms with Crippen LogP contribution in [0.5, 0.6) is 0 Å². The van der Waals surface area contributed by atoms with Gasteiger partial charge in [0.1, 0.15) is 6.04 Å². The minimum Gasteiger partial charge on any atom is -0.351 e. The van der Waals surface area contributed by atoms with Crippen LogP contribution in [-0.2, 0) is 0 Å². The summed E-state index contributed by atoms with van der Waals surface area (Å²) in [5.41, 5.74) is 1.38. The maximum absolute atomic E-state index is 14.0. The average Bonchev–Trinajstić information content (AvgIpc) is 3.15. The summed E-state index contributed by atoms with van der Waals surface area (Å²) in [7, 11) is 0. The quantitative estimate of drug-likeness (QED) is 0.423. The number of nitrogens with zero attached hydrogens (tertiary/aromatic N) is 3. The molecule has 2 heterocycles. The molecule has 0 amide bonds. The fourth-order valence-electron chi connectivity index (χ4n) is 5.08. The number of hydrogen-bond donors (Lipinski definition) is 0. The number of ketones is 1. The second-order valence-corrected chi connectivity index (χ2v) is 9.08. The van der Waals surface area contributed by atoms with E-state index in [0.717, 1.165) is 16.8 Å². The first-order valence-electron chi connectivity index (χ1n) is 10.4. The van der Waals surface area contributed by atoms with Crippen molar-refractivity contribution in [3.8, 4) is 12.1 Å². The van der Waals surface area contributed by atoms with Crippen molar-refractivity contribution < 1.29 is 4.79 Å². The molecule has 1 fully saturated rings. The Morgan fingerprint density at radius 2 is 1.58 bits per heavy atom. The molecular weight excluding hydrogens is 453 g/mol. The Kier molecular flexibility index (Phi) is 5.22. The molecule has 3 aromatic rings. The number of benzene rings is 3. The van der Waals surface area contributed by atoms with Crippen LogP contribution in [-0.4, -0.2) is 17.9 Å². The van der Waals surface area contributed by atoms with Crippen molar-refractivity contribution in [3.63, 3.8) is 0 Å². The molecule has 0 saturated carbocycles. The summed E-state index contributed by atoms with van der Waals surface area (Å²) in [5.74, 6) is -0.845. The summed E-state index contributed by atoms with van der Waals surface area (Å²) in [4.78, 5) is 16.0. The second-order valence-electron chi connectivity index (χ2n) is 8.21. The maximum Gasteiger partial charge on any atom is 0.185 e. The van der Waals surface area contributed by atoms with Gasteiger partial charge in [0.2, 0.25) is 0 Å². The van der Waals surface area contributed by atoms with Crippen molar-refractivity contribution >= 4 is 40.7 Å². The summed E-state index contributed by atoms with van der Waals surface area (Å²) < 4.78 is 0. The molecule has 0 radical (unpaired) electrons. The van der Waals surface area contributed by atoms with Crippen molar-refractivity contribution in [2.45, 2.75) is 18.0 Å². The molecule has 33 heavy (non-hydrogen) atoms. The van der Waals surface area contributed by atoms with Crippen molar-refractivity contribution in [2.24, 2.45) is 5.41 Å². The Morgan fingerprint density at radius 3 is 2.24 bits per heavy atom. The molecule has 160 valence electrons. The Hall–Kier alpha value is -3.57. The van der Waals surface area contributed by atoms with Crippen LogP contribution in [0.3, 0.4) is 0 Å². The van der Waals surface area contributed by atoms with Crippen LogP contribution in [0.1, 0.15) is 27.4 Å². The number of rotatable bonds is 3. The fourth-order valence-corrected chi connectivity index (χ4v) is 5.39. The Morgan fingerprint density at radius 1 is 0.909 bits per heavy atom. The van der Waals surface area contributed by atoms with E-state index in [2.05, 4.69) is 12.1 Å². The zero-order valence-electron chi connectivity index (χ0n) is 17.3. The molecule has 3 atom stereocenters. The summed E-state index contributed by atoms with van der Waals surface area (Å²) in [6.45, 7) is 0. The predicted molar refractivity (Wildman–Crippen MR) is 129 cm³/mol. The third kappa shape index (κ3) is 3.23.